The SMILES string of the molecule is Cc1cc2nn(C)nc2cc1NC(=O)N1CCc2c(N3CCN[C@H](C)C3)ccnc21. The summed E-state index contributed by atoms with van der Waals surface area (Å²) in [5, 5.41) is 15.2. The molecule has 1 atom stereocenters. The van der Waals surface area contributed by atoms with Gasteiger partial charge in [-0.15, -0.1) is 0 Å². The molecule has 0 radical (unpaired) electrons. The van der Waals surface area contributed by atoms with Gasteiger partial charge in [0.1, 0.15) is 16.9 Å². The first kappa shape index (κ1) is 18.8. The van der Waals surface area contributed by atoms with Crippen LogP contribution in [0.15, 0.2) is 24.4 Å². The van der Waals surface area contributed by atoms with Gasteiger partial charge >= 0.3 is 6.03 Å². The Hall–Kier alpha value is -3.20. The lowest BCUT2D eigenvalue weighted by Crippen LogP contribution is -2.49. The van der Waals surface area contributed by atoms with E-state index in [1.807, 2.05) is 25.3 Å². The van der Waals surface area contributed by atoms with Crippen molar-refractivity contribution in [2.45, 2.75) is 26.3 Å². The van der Waals surface area contributed by atoms with Crippen LogP contribution in [0.3, 0.4) is 0 Å². The number of hydrogen-bond acceptors (Lipinski definition) is 6. The average molecular weight is 406 g/mol. The summed E-state index contributed by atoms with van der Waals surface area (Å²) in [6.45, 7) is 7.67. The van der Waals surface area contributed by atoms with Gasteiger partial charge < -0.3 is 15.5 Å². The Kier molecular flexibility index (Phi) is 4.54. The number of nitrogens with one attached hydrogen (secondary N) is 2. The first-order valence-corrected chi connectivity index (χ1v) is 10.4. The zero-order valence-electron chi connectivity index (χ0n) is 17.5. The van der Waals surface area contributed by atoms with E-state index in [1.165, 1.54) is 10.5 Å². The minimum Gasteiger partial charge on any atom is -0.368 e. The van der Waals surface area contributed by atoms with Crippen molar-refractivity contribution in [1.29, 1.82) is 0 Å². The summed E-state index contributed by atoms with van der Waals surface area (Å²) in [7, 11) is 1.79. The number of piperazine rings is 1. The average Bonchev–Trinajstić information content (AvgIpc) is 3.30. The van der Waals surface area contributed by atoms with Crippen LogP contribution in [0.5, 0.6) is 0 Å². The zero-order valence-corrected chi connectivity index (χ0v) is 17.5. The van der Waals surface area contributed by atoms with E-state index < -0.39 is 0 Å². The number of benzene rings is 1. The van der Waals surface area contributed by atoms with Crippen molar-refractivity contribution in [2.24, 2.45) is 7.05 Å². The van der Waals surface area contributed by atoms with Crippen LogP contribution in [-0.2, 0) is 13.5 Å². The lowest BCUT2D eigenvalue weighted by Gasteiger charge is -2.34. The van der Waals surface area contributed by atoms with E-state index in [0.29, 0.717) is 12.6 Å². The molecule has 3 aromatic rings. The van der Waals surface area contributed by atoms with Gasteiger partial charge in [0.2, 0.25) is 0 Å². The predicted octanol–water partition coefficient (Wildman–Crippen LogP) is 2.06. The van der Waals surface area contributed by atoms with Gasteiger partial charge in [0.15, 0.2) is 0 Å². The van der Waals surface area contributed by atoms with Crippen LogP contribution in [0, 0.1) is 6.92 Å². The molecule has 0 bridgehead atoms. The molecule has 2 aromatic heterocycles. The monoisotopic (exact) mass is 406 g/mol. The lowest BCUT2D eigenvalue weighted by atomic mass is 10.1. The maximum Gasteiger partial charge on any atom is 0.327 e. The number of aryl methyl sites for hydroxylation is 2. The topological polar surface area (TPSA) is 91.2 Å². The minimum atomic E-state index is -0.168. The van der Waals surface area contributed by atoms with E-state index in [9.17, 15) is 4.79 Å². The molecule has 2 amide bonds. The Morgan fingerprint density at radius 3 is 2.83 bits per heavy atom. The van der Waals surface area contributed by atoms with Crippen LogP contribution in [0.25, 0.3) is 11.0 Å². The highest BCUT2D eigenvalue weighted by Gasteiger charge is 2.30. The fraction of sp³-hybridized carbons (Fsp3) is 0.429. The van der Waals surface area contributed by atoms with E-state index in [-0.39, 0.29) is 6.03 Å². The van der Waals surface area contributed by atoms with Crippen LogP contribution in [0.2, 0.25) is 0 Å². The first-order valence-electron chi connectivity index (χ1n) is 10.4. The Bertz CT molecular complexity index is 1120. The van der Waals surface area contributed by atoms with Gasteiger partial charge in [-0.1, -0.05) is 0 Å². The molecular formula is C21H26N8O. The Morgan fingerprint density at radius 2 is 2.03 bits per heavy atom. The van der Waals surface area contributed by atoms with E-state index in [4.69, 9.17) is 0 Å². The molecule has 5 rings (SSSR count). The summed E-state index contributed by atoms with van der Waals surface area (Å²) in [4.78, 5) is 23.3. The van der Waals surface area contributed by atoms with Gasteiger partial charge in [-0.2, -0.15) is 15.0 Å². The summed E-state index contributed by atoms with van der Waals surface area (Å²) in [6.07, 6.45) is 2.62. The van der Waals surface area contributed by atoms with Crippen molar-refractivity contribution < 1.29 is 4.79 Å². The van der Waals surface area contributed by atoms with Crippen LogP contribution >= 0.6 is 0 Å². The molecule has 2 N–H and O–H groups in total. The van der Waals surface area contributed by atoms with Crippen LogP contribution in [-0.4, -0.2) is 58.2 Å². The minimum absolute atomic E-state index is 0.168. The molecule has 0 aliphatic carbocycles. The van der Waals surface area contributed by atoms with Crippen molar-refractivity contribution in [3.8, 4) is 0 Å². The van der Waals surface area contributed by atoms with Crippen molar-refractivity contribution in [3.05, 3.63) is 35.5 Å². The third kappa shape index (κ3) is 3.24. The molecular weight excluding hydrogens is 380 g/mol. The quantitative estimate of drug-likeness (QED) is 0.677. The highest BCUT2D eigenvalue weighted by molar-refractivity contribution is 6.04. The van der Waals surface area contributed by atoms with E-state index in [0.717, 1.165) is 59.7 Å². The molecule has 9 heteroatoms. The van der Waals surface area contributed by atoms with Crippen molar-refractivity contribution in [3.63, 3.8) is 0 Å². The molecule has 2 aliphatic heterocycles. The molecule has 1 aromatic carbocycles. The second-order valence-corrected chi connectivity index (χ2v) is 8.11. The van der Waals surface area contributed by atoms with Crippen LogP contribution in [0.1, 0.15) is 18.1 Å². The smallest absolute Gasteiger partial charge is 0.327 e. The molecule has 30 heavy (non-hydrogen) atoms. The standard InChI is InChI=1S/C21H26N8O/c1-13-10-17-18(26-27(3)25-17)11-16(13)24-21(30)29-8-5-15-19(4-6-23-20(15)29)28-9-7-22-14(2)12-28/h4,6,10-11,14,22H,5,7-9,12H2,1-3H3,(H,24,30)/t14-/m1/s1. The Balaban J connectivity index is 1.40. The third-order valence-electron chi connectivity index (χ3n) is 5.87. The number of anilines is 3. The second-order valence-electron chi connectivity index (χ2n) is 8.11. The number of amides is 2. The fourth-order valence-corrected chi connectivity index (χ4v) is 4.41. The summed E-state index contributed by atoms with van der Waals surface area (Å²) < 4.78 is 0. The van der Waals surface area contributed by atoms with Crippen molar-refractivity contribution in [2.75, 3.05) is 41.3 Å². The first-order chi connectivity index (χ1) is 14.5. The summed E-state index contributed by atoms with van der Waals surface area (Å²) in [5.41, 5.74) is 5.62. The maximum absolute atomic E-state index is 13.1. The number of hydrogen-bond donors (Lipinski definition) is 2. The van der Waals surface area contributed by atoms with Gasteiger partial charge in [0.05, 0.1) is 0 Å². The molecule has 0 spiro atoms. The molecule has 1 saturated heterocycles. The number of fused-ring (bicyclic) bond motifs is 2. The Labute approximate surface area is 175 Å². The number of rotatable bonds is 2. The molecule has 1 fully saturated rings. The van der Waals surface area contributed by atoms with Gasteiger partial charge in [0, 0.05) is 62.4 Å². The molecule has 9 nitrogen and oxygen atoms in total. The highest BCUT2D eigenvalue weighted by atomic mass is 16.2. The van der Waals surface area contributed by atoms with Crippen molar-refractivity contribution >= 4 is 34.3 Å². The lowest BCUT2D eigenvalue weighted by molar-refractivity contribution is 0.257. The second kappa shape index (κ2) is 7.24. The van der Waals surface area contributed by atoms with E-state index in [1.54, 1.807) is 11.9 Å². The largest absolute Gasteiger partial charge is 0.368 e. The molecule has 2 aliphatic rings. The molecule has 0 saturated carbocycles. The number of carbonyl (C=O) groups is 1. The number of aromatic nitrogens is 4. The van der Waals surface area contributed by atoms with E-state index in [2.05, 4.69) is 43.7 Å². The third-order valence-corrected chi connectivity index (χ3v) is 5.87. The molecule has 156 valence electrons. The van der Waals surface area contributed by atoms with Crippen LogP contribution in [0.4, 0.5) is 22.0 Å². The number of pyridine rings is 1. The number of nitrogens with zero attached hydrogens (tertiary/aromatic N) is 6. The highest BCUT2D eigenvalue weighted by Crippen LogP contribution is 2.34. The summed E-state index contributed by atoms with van der Waals surface area (Å²) in [5.74, 6) is 0.759. The maximum atomic E-state index is 13.1. The molecule has 0 unspecified atom stereocenters. The molecule has 4 heterocycles. The van der Waals surface area contributed by atoms with Crippen molar-refractivity contribution in [1.82, 2.24) is 25.3 Å². The zero-order chi connectivity index (χ0) is 20.8. The summed E-state index contributed by atoms with van der Waals surface area (Å²) in [6, 6.07) is 6.17. The van der Waals surface area contributed by atoms with Gasteiger partial charge in [-0.3, -0.25) is 4.90 Å². The van der Waals surface area contributed by atoms with Gasteiger partial charge in [-0.25, -0.2) is 9.78 Å². The summed E-state index contributed by atoms with van der Waals surface area (Å²) >= 11 is 0. The van der Waals surface area contributed by atoms with Crippen LogP contribution < -0.4 is 20.4 Å². The van der Waals surface area contributed by atoms with Gasteiger partial charge in [-0.05, 0) is 44.0 Å². The Morgan fingerprint density at radius 1 is 1.23 bits per heavy atom. The number of urea groups is 1. The van der Waals surface area contributed by atoms with Gasteiger partial charge in [0.25, 0.3) is 0 Å². The fourth-order valence-electron chi connectivity index (χ4n) is 4.41. The number of carbonyl (C=O) groups excluding carboxylic acids is 1. The van der Waals surface area contributed by atoms with E-state index >= 15 is 0 Å². The normalized spacial score (nSPS) is 18.7. The predicted molar refractivity (Wildman–Crippen MR) is 117 cm³/mol.